The Hall–Kier alpha value is -3.49. The largest absolute Gasteiger partial charge is 0.494 e. The molecule has 0 aliphatic heterocycles. The topological polar surface area (TPSA) is 75.3 Å². The van der Waals surface area contributed by atoms with Crippen molar-refractivity contribution in [1.29, 1.82) is 5.26 Å². The van der Waals surface area contributed by atoms with Crippen LogP contribution >= 0.6 is 11.6 Å². The maximum atomic E-state index is 12.4. The highest BCUT2D eigenvalue weighted by Gasteiger charge is 2.12. The monoisotopic (exact) mass is 406 g/mol. The number of ether oxygens (including phenoxy) is 1. The van der Waals surface area contributed by atoms with E-state index in [9.17, 15) is 10.1 Å². The first-order valence-electron chi connectivity index (χ1n) is 9.02. The van der Waals surface area contributed by atoms with Gasteiger partial charge in [0.25, 0.3) is 5.91 Å². The quantitative estimate of drug-likeness (QED) is 0.411. The Bertz CT molecular complexity index is 1090. The molecular formula is C23H19ClN2O3. The summed E-state index contributed by atoms with van der Waals surface area (Å²) in [6.45, 7) is 4.41. The van der Waals surface area contributed by atoms with Crippen molar-refractivity contribution >= 4 is 29.3 Å². The van der Waals surface area contributed by atoms with Crippen molar-refractivity contribution in [2.24, 2.45) is 0 Å². The summed E-state index contributed by atoms with van der Waals surface area (Å²) in [5.74, 6) is 1.20. The number of amides is 1. The second-order valence-corrected chi connectivity index (χ2v) is 6.68. The Balaban J connectivity index is 1.77. The van der Waals surface area contributed by atoms with Gasteiger partial charge in [0.05, 0.1) is 6.61 Å². The van der Waals surface area contributed by atoms with E-state index >= 15 is 0 Å². The second-order valence-electron chi connectivity index (χ2n) is 6.24. The Kier molecular flexibility index (Phi) is 6.38. The van der Waals surface area contributed by atoms with Crippen molar-refractivity contribution in [2.75, 3.05) is 11.9 Å². The highest BCUT2D eigenvalue weighted by Crippen LogP contribution is 2.29. The molecule has 0 radical (unpaired) electrons. The predicted molar refractivity (Wildman–Crippen MR) is 114 cm³/mol. The molecule has 0 saturated heterocycles. The molecule has 6 heteroatoms. The van der Waals surface area contributed by atoms with Gasteiger partial charge in [-0.1, -0.05) is 17.7 Å². The zero-order chi connectivity index (χ0) is 20.8. The van der Waals surface area contributed by atoms with Crippen LogP contribution < -0.4 is 10.1 Å². The molecule has 0 atom stereocenters. The van der Waals surface area contributed by atoms with Crippen LogP contribution in [0.2, 0.25) is 5.02 Å². The van der Waals surface area contributed by atoms with Gasteiger partial charge in [-0.25, -0.2) is 0 Å². The number of hydrogen-bond donors (Lipinski definition) is 1. The third-order valence-corrected chi connectivity index (χ3v) is 4.40. The number of rotatable bonds is 6. The molecule has 2 aromatic carbocycles. The maximum absolute atomic E-state index is 12.4. The summed E-state index contributed by atoms with van der Waals surface area (Å²) < 4.78 is 11.2. The van der Waals surface area contributed by atoms with Gasteiger partial charge in [0.1, 0.15) is 28.9 Å². The Morgan fingerprint density at radius 3 is 2.66 bits per heavy atom. The number of furan rings is 1. The molecule has 1 heterocycles. The minimum absolute atomic E-state index is 0.0670. The molecule has 0 saturated carbocycles. The molecule has 0 aliphatic carbocycles. The van der Waals surface area contributed by atoms with Crippen molar-refractivity contribution in [3.8, 4) is 23.1 Å². The fourth-order valence-corrected chi connectivity index (χ4v) is 2.90. The van der Waals surface area contributed by atoms with Gasteiger partial charge in [-0.05, 0) is 67.9 Å². The summed E-state index contributed by atoms with van der Waals surface area (Å²) in [5.41, 5.74) is 2.36. The first kappa shape index (κ1) is 20.2. The molecule has 29 heavy (non-hydrogen) atoms. The summed E-state index contributed by atoms with van der Waals surface area (Å²) in [4.78, 5) is 12.4. The van der Waals surface area contributed by atoms with Crippen molar-refractivity contribution < 1.29 is 13.9 Å². The molecule has 0 spiro atoms. The summed E-state index contributed by atoms with van der Waals surface area (Å²) in [6, 6.07) is 17.9. The van der Waals surface area contributed by atoms with Gasteiger partial charge >= 0.3 is 0 Å². The maximum Gasteiger partial charge on any atom is 0.266 e. The molecule has 3 rings (SSSR count). The van der Waals surface area contributed by atoms with Gasteiger partial charge in [0.15, 0.2) is 0 Å². The van der Waals surface area contributed by atoms with Crippen molar-refractivity contribution in [1.82, 2.24) is 0 Å². The fourth-order valence-electron chi connectivity index (χ4n) is 2.73. The van der Waals surface area contributed by atoms with E-state index in [2.05, 4.69) is 5.32 Å². The average molecular weight is 407 g/mol. The minimum atomic E-state index is -0.520. The molecule has 146 valence electrons. The molecule has 0 bridgehead atoms. The van der Waals surface area contributed by atoms with Crippen LogP contribution in [-0.4, -0.2) is 12.5 Å². The van der Waals surface area contributed by atoms with E-state index < -0.39 is 5.91 Å². The fraction of sp³-hybridized carbons (Fsp3) is 0.130. The van der Waals surface area contributed by atoms with Crippen molar-refractivity contribution in [3.05, 3.63) is 76.5 Å². The molecule has 1 aromatic heterocycles. The van der Waals surface area contributed by atoms with Crippen LogP contribution in [0, 0.1) is 18.3 Å². The van der Waals surface area contributed by atoms with Crippen LogP contribution in [0.1, 0.15) is 18.2 Å². The number of nitrogens with zero attached hydrogens (tertiary/aromatic N) is 1. The Labute approximate surface area is 174 Å². The third-order valence-electron chi connectivity index (χ3n) is 4.17. The van der Waals surface area contributed by atoms with E-state index in [1.54, 1.807) is 36.4 Å². The van der Waals surface area contributed by atoms with E-state index in [1.807, 2.05) is 38.1 Å². The lowest BCUT2D eigenvalue weighted by atomic mass is 10.1. The second kappa shape index (κ2) is 9.13. The lowest BCUT2D eigenvalue weighted by Gasteiger charge is -2.06. The zero-order valence-electron chi connectivity index (χ0n) is 16.0. The van der Waals surface area contributed by atoms with Gasteiger partial charge in [0, 0.05) is 22.3 Å². The third kappa shape index (κ3) is 5.07. The molecule has 3 aromatic rings. The number of aryl methyl sites for hydroxylation is 1. The van der Waals surface area contributed by atoms with Crippen molar-refractivity contribution in [2.45, 2.75) is 13.8 Å². The average Bonchev–Trinajstić information content (AvgIpc) is 3.18. The smallest absolute Gasteiger partial charge is 0.266 e. The van der Waals surface area contributed by atoms with Crippen molar-refractivity contribution in [3.63, 3.8) is 0 Å². The van der Waals surface area contributed by atoms with Gasteiger partial charge < -0.3 is 14.5 Å². The minimum Gasteiger partial charge on any atom is -0.494 e. The number of benzene rings is 2. The summed E-state index contributed by atoms with van der Waals surface area (Å²) in [7, 11) is 0. The predicted octanol–water partition coefficient (Wildman–Crippen LogP) is 5.85. The molecule has 0 fully saturated rings. The summed E-state index contributed by atoms with van der Waals surface area (Å²) in [5, 5.41) is 12.7. The Morgan fingerprint density at radius 2 is 1.97 bits per heavy atom. The molecule has 0 unspecified atom stereocenters. The highest BCUT2D eigenvalue weighted by atomic mass is 35.5. The van der Waals surface area contributed by atoms with Crippen LogP contribution in [0.15, 0.2) is 64.6 Å². The first-order valence-corrected chi connectivity index (χ1v) is 9.40. The molecule has 0 aliphatic rings. The van der Waals surface area contributed by atoms with Gasteiger partial charge in [-0.2, -0.15) is 5.26 Å². The van der Waals surface area contributed by atoms with Crippen LogP contribution in [0.3, 0.4) is 0 Å². The number of carbonyl (C=O) groups excluding carboxylic acids is 1. The standard InChI is InChI=1S/C23H19ClN2O3/c1-3-28-19-8-6-18(7-9-19)26-23(27)16(14-25)12-20-10-11-22(29-20)21-13-17(24)5-4-15(21)2/h4-13H,3H2,1-2H3,(H,26,27)/b16-12+. The molecular weight excluding hydrogens is 388 g/mol. The zero-order valence-corrected chi connectivity index (χ0v) is 16.8. The SMILES string of the molecule is CCOc1ccc(NC(=O)/C(C#N)=C/c2ccc(-c3cc(Cl)ccc3C)o2)cc1. The van der Waals surface area contributed by atoms with E-state index in [1.165, 1.54) is 6.08 Å². The van der Waals surface area contributed by atoms with E-state index in [4.69, 9.17) is 20.8 Å². The van der Waals surface area contributed by atoms with Crippen LogP contribution in [-0.2, 0) is 4.79 Å². The van der Waals surface area contributed by atoms with Gasteiger partial charge in [0.2, 0.25) is 0 Å². The summed E-state index contributed by atoms with van der Waals surface area (Å²) >= 11 is 6.07. The molecule has 1 amide bonds. The van der Waals surface area contributed by atoms with Crippen LogP contribution in [0.4, 0.5) is 5.69 Å². The number of hydrogen-bond acceptors (Lipinski definition) is 4. The first-order chi connectivity index (χ1) is 14.0. The van der Waals surface area contributed by atoms with Gasteiger partial charge in [-0.15, -0.1) is 0 Å². The lowest BCUT2D eigenvalue weighted by Crippen LogP contribution is -2.13. The number of carbonyl (C=O) groups is 1. The number of anilines is 1. The normalized spacial score (nSPS) is 11.0. The highest BCUT2D eigenvalue weighted by molar-refractivity contribution is 6.30. The number of halogens is 1. The van der Waals surface area contributed by atoms with Crippen LogP contribution in [0.5, 0.6) is 5.75 Å². The number of nitrogens with one attached hydrogen (secondary N) is 1. The molecule has 1 N–H and O–H groups in total. The van der Waals surface area contributed by atoms with E-state index in [0.717, 1.165) is 11.1 Å². The van der Waals surface area contributed by atoms with Crippen LogP contribution in [0.25, 0.3) is 17.4 Å². The lowest BCUT2D eigenvalue weighted by molar-refractivity contribution is -0.112. The van der Waals surface area contributed by atoms with E-state index in [0.29, 0.717) is 34.6 Å². The summed E-state index contributed by atoms with van der Waals surface area (Å²) in [6.07, 6.45) is 1.41. The Morgan fingerprint density at radius 1 is 1.21 bits per heavy atom. The molecule has 5 nitrogen and oxygen atoms in total. The number of nitriles is 1. The van der Waals surface area contributed by atoms with E-state index in [-0.39, 0.29) is 5.57 Å². The van der Waals surface area contributed by atoms with Gasteiger partial charge in [-0.3, -0.25) is 4.79 Å².